The molecule has 76 heavy (non-hydrogen) atoms. The molecule has 14 nitrogen and oxygen atoms in total. The molecule has 3 saturated heterocycles. The van der Waals surface area contributed by atoms with E-state index < -0.39 is 41.2 Å². The molecule has 0 bridgehead atoms. The van der Waals surface area contributed by atoms with Crippen LogP contribution in [0.5, 0.6) is 0 Å². The van der Waals surface area contributed by atoms with Crippen LogP contribution in [0.15, 0.2) is 136 Å². The lowest BCUT2D eigenvalue weighted by Gasteiger charge is -2.37. The second-order valence-electron chi connectivity index (χ2n) is 19.3. The molecule has 0 spiro atoms. The molecule has 3 aliphatic rings. The number of sulfone groups is 1. The lowest BCUT2D eigenvalue weighted by atomic mass is 9.95. The van der Waals surface area contributed by atoms with Gasteiger partial charge in [0.05, 0.1) is 41.2 Å². The summed E-state index contributed by atoms with van der Waals surface area (Å²) < 4.78 is 107. The zero-order valence-electron chi connectivity index (χ0n) is 42.2. The number of aliphatic hydroxyl groups excluding tert-OH is 1. The first kappa shape index (κ1) is 55.0. The third-order valence-corrected chi connectivity index (χ3v) is 18.7. The molecule has 0 aliphatic carbocycles. The quantitative estimate of drug-likeness (QED) is 0.0745. The highest BCUT2D eigenvalue weighted by molar-refractivity contribution is 7.99. The van der Waals surface area contributed by atoms with Crippen LogP contribution in [0.1, 0.15) is 35.3 Å². The molecule has 1 amide bonds. The van der Waals surface area contributed by atoms with E-state index in [1.165, 1.54) is 11.8 Å². The minimum absolute atomic E-state index is 0.0434. The fourth-order valence-electron chi connectivity index (χ4n) is 10.00. The maximum atomic E-state index is 14.3. The van der Waals surface area contributed by atoms with Gasteiger partial charge in [-0.25, -0.2) is 16.8 Å². The van der Waals surface area contributed by atoms with Crippen molar-refractivity contribution >= 4 is 71.9 Å². The number of aliphatic hydroxyl groups is 1. The Morgan fingerprint density at radius 3 is 2.11 bits per heavy atom. The highest BCUT2D eigenvalue weighted by Gasteiger charge is 2.48. The van der Waals surface area contributed by atoms with Crippen LogP contribution in [0, 0.1) is 6.92 Å². The number of likely N-dealkylation sites (tertiary alicyclic amines) is 1. The van der Waals surface area contributed by atoms with E-state index in [-0.39, 0.29) is 23.4 Å². The Kier molecular flexibility index (Phi) is 17.0. The molecule has 21 heteroatoms. The molecule has 3 fully saturated rings. The Hall–Kier alpha value is -5.74. The molecule has 0 radical (unpaired) electrons. The van der Waals surface area contributed by atoms with Crippen molar-refractivity contribution in [2.24, 2.45) is 7.05 Å². The van der Waals surface area contributed by atoms with Crippen molar-refractivity contribution < 1.29 is 44.6 Å². The number of rotatable bonds is 17. The van der Waals surface area contributed by atoms with Gasteiger partial charge in [0.25, 0.3) is 25.8 Å². The molecule has 1 aromatic heterocycles. The molecule has 1 atom stereocenters. The highest BCUT2D eigenvalue weighted by Crippen LogP contribution is 2.42. The van der Waals surface area contributed by atoms with Gasteiger partial charge in [-0.1, -0.05) is 54.1 Å². The van der Waals surface area contributed by atoms with Gasteiger partial charge in [-0.3, -0.25) is 9.52 Å². The van der Waals surface area contributed by atoms with E-state index in [4.69, 9.17) is 16.3 Å². The summed E-state index contributed by atoms with van der Waals surface area (Å²) in [6.45, 7) is 8.35. The number of alkyl halides is 3. The topological polar surface area (TPSA) is 157 Å². The number of hydrogen-bond acceptors (Lipinski definition) is 12. The summed E-state index contributed by atoms with van der Waals surface area (Å²) in [7, 11) is -8.64. The molecule has 3 aliphatic heterocycles. The average Bonchev–Trinajstić information content (AvgIpc) is 3.70. The summed E-state index contributed by atoms with van der Waals surface area (Å²) in [5.74, 6) is 0.328. The number of piperidine rings is 1. The number of benzene rings is 5. The molecule has 404 valence electrons. The molecule has 4 heterocycles. The summed E-state index contributed by atoms with van der Waals surface area (Å²) >= 11 is 7.77. The number of hydrogen-bond donors (Lipinski definition) is 3. The monoisotopic (exact) mass is 1120 g/mol. The molecule has 1 unspecified atom stereocenters. The summed E-state index contributed by atoms with van der Waals surface area (Å²) in [5.41, 5.74) is 0.939. The molecule has 5 aromatic carbocycles. The Bertz CT molecular complexity index is 3220. The van der Waals surface area contributed by atoms with Gasteiger partial charge in [0.15, 0.2) is 0 Å². The van der Waals surface area contributed by atoms with Crippen molar-refractivity contribution in [1.82, 2.24) is 14.4 Å². The number of ether oxygens (including phenoxy) is 1. The number of carbonyl (C=O) groups excluding carboxylic acids is 1. The lowest BCUT2D eigenvalue weighted by Crippen LogP contribution is -2.46. The van der Waals surface area contributed by atoms with Gasteiger partial charge in [-0.2, -0.15) is 13.2 Å². The molecular weight excluding hydrogens is 1060 g/mol. The summed E-state index contributed by atoms with van der Waals surface area (Å²) in [6, 6.07) is 34.1. The van der Waals surface area contributed by atoms with Crippen molar-refractivity contribution in [2.45, 2.75) is 58.5 Å². The van der Waals surface area contributed by atoms with Gasteiger partial charge in [-0.15, -0.1) is 11.8 Å². The van der Waals surface area contributed by atoms with Crippen molar-refractivity contribution in [2.75, 3.05) is 97.7 Å². The number of nitrogens with one attached hydrogen (secondary N) is 2. The number of aromatic nitrogens is 1. The summed E-state index contributed by atoms with van der Waals surface area (Å²) in [6.07, 6.45) is 1.25. The van der Waals surface area contributed by atoms with Crippen LogP contribution in [0.25, 0.3) is 22.4 Å². The zero-order valence-corrected chi connectivity index (χ0v) is 45.4. The molecular formula is C55H61ClF3N7O7S3. The smallest absolute Gasteiger partial charge is 0.393 e. The number of nitrogens with zero attached hydrogens (tertiary/aromatic N) is 5. The van der Waals surface area contributed by atoms with Crippen LogP contribution < -0.4 is 19.8 Å². The fraction of sp³-hybridized carbons (Fsp3) is 0.364. The molecule has 6 aromatic rings. The fourth-order valence-corrected chi connectivity index (χ4v) is 13.2. The molecule has 0 saturated carbocycles. The van der Waals surface area contributed by atoms with Crippen LogP contribution in [-0.2, 0) is 31.6 Å². The van der Waals surface area contributed by atoms with Crippen molar-refractivity contribution in [3.05, 3.63) is 138 Å². The number of piperazine rings is 1. The second-order valence-corrected chi connectivity index (χ2v) is 24.4. The average molecular weight is 1120 g/mol. The Morgan fingerprint density at radius 1 is 0.789 bits per heavy atom. The Morgan fingerprint density at radius 2 is 1.45 bits per heavy atom. The predicted octanol–water partition coefficient (Wildman–Crippen LogP) is 9.63. The summed E-state index contributed by atoms with van der Waals surface area (Å²) in [4.78, 5) is 21.8. The van der Waals surface area contributed by atoms with Crippen LogP contribution in [-0.4, -0.2) is 138 Å². The van der Waals surface area contributed by atoms with E-state index in [2.05, 4.69) is 41.4 Å². The molecule has 9 rings (SSSR count). The number of sulfonamides is 1. The maximum Gasteiger partial charge on any atom is 0.501 e. The van der Waals surface area contributed by atoms with Crippen LogP contribution in [0.3, 0.4) is 0 Å². The normalized spacial score (nSPS) is 16.7. The van der Waals surface area contributed by atoms with E-state index in [1.807, 2.05) is 85.6 Å². The number of halogens is 4. The third-order valence-electron chi connectivity index (χ3n) is 14.3. The van der Waals surface area contributed by atoms with Gasteiger partial charge in [-0.05, 0) is 116 Å². The van der Waals surface area contributed by atoms with E-state index in [1.54, 1.807) is 24.3 Å². The largest absolute Gasteiger partial charge is 0.501 e. The van der Waals surface area contributed by atoms with E-state index >= 15 is 0 Å². The van der Waals surface area contributed by atoms with Crippen molar-refractivity contribution in [3.63, 3.8) is 0 Å². The Balaban J connectivity index is 0.894. The zero-order chi connectivity index (χ0) is 53.8. The number of thioether (sulfide) groups is 1. The standard InChI is InChI=1S/C55H61ClF3N7O7S3/c1-38-51(54(68)66-31-33-73-34-32-66)52(53(62(38)2)39-11-13-41(56)14-12-39)40-7-6-8-45(35-40)65-29-27-64(28-30-65)44-17-15-42(16-18-44)61-76(71,72)48-19-20-49(50(36-48)75(69,70)55(57,58)59)60-43(37-74-47-9-4-3-5-10-47)21-24-63-25-22-46(67)23-26-63/h3-20,35-36,43,46,60-61,67H,21-34,37H2,1-2H3. The number of carbonyl (C=O) groups is 1. The minimum Gasteiger partial charge on any atom is -0.393 e. The van der Waals surface area contributed by atoms with E-state index in [0.717, 1.165) is 56.5 Å². The van der Waals surface area contributed by atoms with Crippen LogP contribution >= 0.6 is 23.4 Å². The van der Waals surface area contributed by atoms with Gasteiger partial charge in [0, 0.05) is 116 Å². The number of amides is 1. The number of morpholine rings is 1. The first-order chi connectivity index (χ1) is 36.4. The number of anilines is 4. The predicted molar refractivity (Wildman–Crippen MR) is 295 cm³/mol. The van der Waals surface area contributed by atoms with E-state index in [0.29, 0.717) is 114 Å². The highest BCUT2D eigenvalue weighted by atomic mass is 35.5. The Labute approximate surface area is 451 Å². The van der Waals surface area contributed by atoms with Crippen molar-refractivity contribution in [1.29, 1.82) is 0 Å². The van der Waals surface area contributed by atoms with Crippen LogP contribution in [0.2, 0.25) is 5.02 Å². The van der Waals surface area contributed by atoms with Gasteiger partial charge in [0.1, 0.15) is 4.90 Å². The van der Waals surface area contributed by atoms with E-state index in [9.17, 15) is 39.9 Å². The maximum absolute atomic E-state index is 14.3. The van der Waals surface area contributed by atoms with Crippen LogP contribution in [0.4, 0.5) is 35.9 Å². The SMILES string of the molecule is Cc1c(C(=O)N2CCOCC2)c(-c2cccc(N3CCN(c4ccc(NS(=O)(=O)c5ccc(NC(CCN6CCC(O)CC6)CSc6ccccc6)c(S(=O)(=O)C(F)(F)F)c5)cc4)CC3)c2)c(-c2ccc(Cl)cc2)n1C. The summed E-state index contributed by atoms with van der Waals surface area (Å²) in [5, 5.41) is 13.6. The van der Waals surface area contributed by atoms with Gasteiger partial charge >= 0.3 is 5.51 Å². The second kappa shape index (κ2) is 23.5. The molecule has 3 N–H and O–H groups in total. The van der Waals surface area contributed by atoms with Gasteiger partial charge in [0.2, 0.25) is 0 Å². The minimum atomic E-state index is -6.03. The lowest BCUT2D eigenvalue weighted by molar-refractivity contribution is -0.0435. The van der Waals surface area contributed by atoms with Crippen molar-refractivity contribution in [3.8, 4) is 22.4 Å². The first-order valence-corrected chi connectivity index (χ1v) is 29.5. The van der Waals surface area contributed by atoms with Gasteiger partial charge < -0.3 is 39.3 Å². The third kappa shape index (κ3) is 12.5. The first-order valence-electron chi connectivity index (χ1n) is 25.2.